The van der Waals surface area contributed by atoms with Gasteiger partial charge in [-0.1, -0.05) is 22.4 Å². The van der Waals surface area contributed by atoms with E-state index in [4.69, 9.17) is 0 Å². The molecule has 1 aromatic heterocycles. The number of thiophene rings is 1. The molecule has 0 saturated heterocycles. The largest absolute Gasteiger partial charge is 0.295 e. The molecule has 0 aliphatic heterocycles. The Kier molecular flexibility index (Phi) is 5.33. The second-order valence-corrected chi connectivity index (χ2v) is 6.94. The standard InChI is InChI=1S/C12H17Br2NS/c13-6-2-7-15(10-3-1-4-10)9-12-11(14)5-8-16-12/h5,8,10H,1-4,6-7,9H2. The summed E-state index contributed by atoms with van der Waals surface area (Å²) in [6.07, 6.45) is 5.46. The van der Waals surface area contributed by atoms with E-state index in [1.54, 1.807) is 0 Å². The van der Waals surface area contributed by atoms with E-state index < -0.39 is 0 Å². The second-order valence-electron chi connectivity index (χ2n) is 4.29. The van der Waals surface area contributed by atoms with Crippen LogP contribution in [-0.4, -0.2) is 22.8 Å². The lowest BCUT2D eigenvalue weighted by molar-refractivity contribution is 0.121. The Balaban J connectivity index is 1.93. The van der Waals surface area contributed by atoms with Gasteiger partial charge in [-0.25, -0.2) is 0 Å². The zero-order valence-corrected chi connectivity index (χ0v) is 13.3. The average Bonchev–Trinajstić information content (AvgIpc) is 2.58. The van der Waals surface area contributed by atoms with Gasteiger partial charge in [-0.05, 0) is 53.2 Å². The summed E-state index contributed by atoms with van der Waals surface area (Å²) in [5.74, 6) is 0. The lowest BCUT2D eigenvalue weighted by Gasteiger charge is -2.37. The van der Waals surface area contributed by atoms with Gasteiger partial charge in [-0.15, -0.1) is 11.3 Å². The van der Waals surface area contributed by atoms with Gasteiger partial charge in [0.1, 0.15) is 0 Å². The van der Waals surface area contributed by atoms with Crippen molar-refractivity contribution in [2.45, 2.75) is 38.3 Å². The molecule has 0 aromatic carbocycles. The summed E-state index contributed by atoms with van der Waals surface area (Å²) < 4.78 is 1.28. The SMILES string of the molecule is BrCCCN(Cc1sccc1Br)C1CCC1. The molecule has 1 aliphatic carbocycles. The molecule has 0 bridgehead atoms. The van der Waals surface area contributed by atoms with Crippen molar-refractivity contribution < 1.29 is 0 Å². The fraction of sp³-hybridized carbons (Fsp3) is 0.667. The van der Waals surface area contributed by atoms with Gasteiger partial charge in [-0.2, -0.15) is 0 Å². The van der Waals surface area contributed by atoms with Crippen molar-refractivity contribution in [1.29, 1.82) is 0 Å². The zero-order chi connectivity index (χ0) is 11.4. The van der Waals surface area contributed by atoms with Crippen LogP contribution in [0.2, 0.25) is 0 Å². The Morgan fingerprint density at radius 3 is 2.75 bits per heavy atom. The molecule has 0 unspecified atom stereocenters. The van der Waals surface area contributed by atoms with Crippen LogP contribution in [0.15, 0.2) is 15.9 Å². The molecular weight excluding hydrogens is 350 g/mol. The fourth-order valence-corrected chi connectivity index (χ4v) is 3.78. The predicted molar refractivity (Wildman–Crippen MR) is 78.5 cm³/mol. The molecule has 1 nitrogen and oxygen atoms in total. The van der Waals surface area contributed by atoms with Gasteiger partial charge in [0.25, 0.3) is 0 Å². The summed E-state index contributed by atoms with van der Waals surface area (Å²) in [5.41, 5.74) is 0. The van der Waals surface area contributed by atoms with Crippen molar-refractivity contribution >= 4 is 43.2 Å². The summed E-state index contributed by atoms with van der Waals surface area (Å²) in [7, 11) is 0. The molecule has 1 saturated carbocycles. The molecule has 0 amide bonds. The number of hydrogen-bond donors (Lipinski definition) is 0. The van der Waals surface area contributed by atoms with Gasteiger partial charge in [0.15, 0.2) is 0 Å². The van der Waals surface area contributed by atoms with Crippen LogP contribution in [0.25, 0.3) is 0 Å². The number of hydrogen-bond acceptors (Lipinski definition) is 2. The number of halogens is 2. The maximum absolute atomic E-state index is 3.63. The molecule has 90 valence electrons. The number of alkyl halides is 1. The third-order valence-corrected chi connectivity index (χ3v) is 5.68. The van der Waals surface area contributed by atoms with Gasteiger partial charge < -0.3 is 0 Å². The van der Waals surface area contributed by atoms with E-state index >= 15 is 0 Å². The number of rotatable bonds is 6. The van der Waals surface area contributed by atoms with Crippen molar-refractivity contribution in [3.63, 3.8) is 0 Å². The predicted octanol–water partition coefficient (Wildman–Crippen LogP) is 4.65. The van der Waals surface area contributed by atoms with Crippen LogP contribution in [0.5, 0.6) is 0 Å². The summed E-state index contributed by atoms with van der Waals surface area (Å²) in [6, 6.07) is 3.00. The molecular formula is C12H17Br2NS. The highest BCUT2D eigenvalue weighted by Crippen LogP contribution is 2.30. The van der Waals surface area contributed by atoms with Crippen molar-refractivity contribution in [2.24, 2.45) is 0 Å². The molecule has 0 spiro atoms. The van der Waals surface area contributed by atoms with Crippen LogP contribution in [0.3, 0.4) is 0 Å². The minimum atomic E-state index is 0.841. The lowest BCUT2D eigenvalue weighted by atomic mass is 9.91. The van der Waals surface area contributed by atoms with Crippen molar-refractivity contribution in [3.8, 4) is 0 Å². The maximum Gasteiger partial charge on any atom is 0.0342 e. The van der Waals surface area contributed by atoms with E-state index in [9.17, 15) is 0 Å². The van der Waals surface area contributed by atoms with E-state index in [-0.39, 0.29) is 0 Å². The summed E-state index contributed by atoms with van der Waals surface area (Å²) in [4.78, 5) is 4.13. The first-order valence-electron chi connectivity index (χ1n) is 5.83. The van der Waals surface area contributed by atoms with Gasteiger partial charge in [-0.3, -0.25) is 4.90 Å². The molecule has 1 heterocycles. The fourth-order valence-electron chi connectivity index (χ4n) is 2.03. The summed E-state index contributed by atoms with van der Waals surface area (Å²) in [5, 5.41) is 3.28. The van der Waals surface area contributed by atoms with E-state index in [2.05, 4.69) is 48.2 Å². The lowest BCUT2D eigenvalue weighted by Crippen LogP contribution is -2.40. The average molecular weight is 367 g/mol. The smallest absolute Gasteiger partial charge is 0.0342 e. The molecule has 1 fully saturated rings. The Bertz CT molecular complexity index is 323. The first kappa shape index (κ1) is 13.1. The van der Waals surface area contributed by atoms with E-state index in [1.165, 1.54) is 41.6 Å². The Morgan fingerprint density at radius 1 is 1.44 bits per heavy atom. The minimum absolute atomic E-state index is 0.841. The van der Waals surface area contributed by atoms with Gasteiger partial charge in [0.2, 0.25) is 0 Å². The Labute approximate surface area is 118 Å². The molecule has 4 heteroatoms. The third-order valence-electron chi connectivity index (χ3n) is 3.21. The van der Waals surface area contributed by atoms with Crippen molar-refractivity contribution in [1.82, 2.24) is 4.90 Å². The monoisotopic (exact) mass is 365 g/mol. The Hall–Kier alpha value is 0.620. The third kappa shape index (κ3) is 3.31. The van der Waals surface area contributed by atoms with Gasteiger partial charge in [0, 0.05) is 27.3 Å². The molecule has 1 aromatic rings. The number of nitrogens with zero attached hydrogens (tertiary/aromatic N) is 1. The van der Waals surface area contributed by atoms with E-state index in [0.29, 0.717) is 0 Å². The van der Waals surface area contributed by atoms with Gasteiger partial charge >= 0.3 is 0 Å². The normalized spacial score (nSPS) is 16.7. The highest BCUT2D eigenvalue weighted by atomic mass is 79.9. The quantitative estimate of drug-likeness (QED) is 0.662. The van der Waals surface area contributed by atoms with E-state index in [1.807, 2.05) is 11.3 Å². The first-order chi connectivity index (χ1) is 7.81. The highest BCUT2D eigenvalue weighted by Gasteiger charge is 2.25. The minimum Gasteiger partial charge on any atom is -0.295 e. The van der Waals surface area contributed by atoms with Crippen LogP contribution in [-0.2, 0) is 6.54 Å². The molecule has 0 N–H and O–H groups in total. The van der Waals surface area contributed by atoms with Gasteiger partial charge in [0.05, 0.1) is 0 Å². The van der Waals surface area contributed by atoms with Crippen molar-refractivity contribution in [2.75, 3.05) is 11.9 Å². The molecule has 1 aliphatic rings. The zero-order valence-electron chi connectivity index (χ0n) is 9.29. The molecule has 16 heavy (non-hydrogen) atoms. The first-order valence-corrected chi connectivity index (χ1v) is 8.62. The topological polar surface area (TPSA) is 3.24 Å². The van der Waals surface area contributed by atoms with Crippen LogP contribution in [0.1, 0.15) is 30.6 Å². The summed E-state index contributed by atoms with van der Waals surface area (Å²) in [6.45, 7) is 2.34. The maximum atomic E-state index is 3.63. The Morgan fingerprint density at radius 2 is 2.25 bits per heavy atom. The summed E-state index contributed by atoms with van der Waals surface area (Å²) >= 11 is 9.02. The second kappa shape index (κ2) is 6.53. The highest BCUT2D eigenvalue weighted by molar-refractivity contribution is 9.10. The van der Waals surface area contributed by atoms with Crippen LogP contribution in [0.4, 0.5) is 0 Å². The van der Waals surface area contributed by atoms with Crippen LogP contribution >= 0.6 is 43.2 Å². The molecule has 0 atom stereocenters. The molecule has 2 rings (SSSR count). The molecule has 0 radical (unpaired) electrons. The van der Waals surface area contributed by atoms with Crippen molar-refractivity contribution in [3.05, 3.63) is 20.8 Å². The van der Waals surface area contributed by atoms with Crippen LogP contribution in [0, 0.1) is 0 Å². The van der Waals surface area contributed by atoms with E-state index in [0.717, 1.165) is 17.9 Å². The van der Waals surface area contributed by atoms with Crippen LogP contribution < -0.4 is 0 Å².